The third-order valence-corrected chi connectivity index (χ3v) is 7.35. The Morgan fingerprint density at radius 3 is 2.00 bits per heavy atom. The molecule has 30 heavy (non-hydrogen) atoms. The summed E-state index contributed by atoms with van der Waals surface area (Å²) < 4.78 is 91.9. The molecule has 0 unspecified atom stereocenters. The predicted octanol–water partition coefficient (Wildman–Crippen LogP) is 3.30. The van der Waals surface area contributed by atoms with E-state index in [4.69, 9.17) is 11.6 Å². The molecule has 0 fully saturated rings. The maximum absolute atomic E-state index is 13.1. The maximum atomic E-state index is 13.1. The van der Waals surface area contributed by atoms with Crippen LogP contribution in [0.15, 0.2) is 62.7 Å². The van der Waals surface area contributed by atoms with Gasteiger partial charge in [-0.1, -0.05) is 22.9 Å². The molecule has 7 nitrogen and oxygen atoms in total. The van der Waals surface area contributed by atoms with Crippen molar-refractivity contribution in [1.29, 1.82) is 0 Å². The first-order valence-electron chi connectivity index (χ1n) is 7.82. The van der Waals surface area contributed by atoms with Crippen LogP contribution in [-0.2, 0) is 26.0 Å². The topological polar surface area (TPSA) is 98.5 Å². The molecule has 3 aromatic rings. The van der Waals surface area contributed by atoms with Gasteiger partial charge in [-0.3, -0.25) is 0 Å². The number of aromatic nitrogens is 2. The average Bonchev–Trinajstić information content (AvgIpc) is 3.05. The lowest BCUT2D eigenvalue weighted by molar-refractivity contribution is -0.138. The smallest absolute Gasteiger partial charge is 0.224 e. The molecule has 0 bridgehead atoms. The summed E-state index contributed by atoms with van der Waals surface area (Å²) in [4.78, 5) is -1.05. The summed E-state index contributed by atoms with van der Waals surface area (Å²) in [5, 5.41) is 2.46. The summed E-state index contributed by atoms with van der Waals surface area (Å²) in [7, 11) is -8.02. The van der Waals surface area contributed by atoms with Crippen LogP contribution in [0.1, 0.15) is 5.01 Å². The van der Waals surface area contributed by atoms with Gasteiger partial charge in [-0.15, -0.1) is 9.50 Å². The number of hydrogen-bond acceptors (Lipinski definition) is 6. The van der Waals surface area contributed by atoms with Crippen molar-refractivity contribution in [2.75, 3.05) is 6.26 Å². The van der Waals surface area contributed by atoms with E-state index in [1.165, 1.54) is 24.3 Å². The van der Waals surface area contributed by atoms with Crippen molar-refractivity contribution in [1.82, 2.24) is 9.78 Å². The first-order valence-corrected chi connectivity index (χ1v) is 12.3. The Morgan fingerprint density at radius 2 is 1.50 bits per heavy atom. The van der Waals surface area contributed by atoms with Gasteiger partial charge in [0.1, 0.15) is 0 Å². The Balaban J connectivity index is 2.17. The Bertz CT molecular complexity index is 1360. The van der Waals surface area contributed by atoms with Crippen LogP contribution in [0.5, 0.6) is 0 Å². The van der Waals surface area contributed by atoms with Gasteiger partial charge in [-0.25, -0.2) is 13.1 Å². The fourth-order valence-corrected chi connectivity index (χ4v) is 4.93. The summed E-state index contributed by atoms with van der Waals surface area (Å²) >= 11 is 5.83. The summed E-state index contributed by atoms with van der Waals surface area (Å²) in [6, 6.07) is 9.67. The minimum Gasteiger partial charge on any atom is -0.224 e. The van der Waals surface area contributed by atoms with E-state index >= 15 is 0 Å². The Kier molecular flexibility index (Phi) is 5.84. The number of rotatable bonds is 4. The highest BCUT2D eigenvalue weighted by molar-refractivity contribution is 7.91. The van der Waals surface area contributed by atoms with Gasteiger partial charge in [-0.05, 0) is 48.5 Å². The molecule has 1 heterocycles. The van der Waals surface area contributed by atoms with Crippen LogP contribution in [0.3, 0.4) is 0 Å². The molecular weight excluding hydrogens is 487 g/mol. The van der Waals surface area contributed by atoms with Crippen LogP contribution in [-0.4, -0.2) is 32.9 Å². The summed E-state index contributed by atoms with van der Waals surface area (Å²) in [6.45, 7) is 0. The van der Waals surface area contributed by atoms with Crippen LogP contribution < -0.4 is 4.80 Å². The van der Waals surface area contributed by atoms with Crippen LogP contribution in [0, 0.1) is 0 Å². The van der Waals surface area contributed by atoms with Gasteiger partial charge in [0.05, 0.1) is 15.5 Å². The summed E-state index contributed by atoms with van der Waals surface area (Å²) in [5.74, 6) is 0. The van der Waals surface area contributed by atoms with Crippen molar-refractivity contribution in [2.45, 2.75) is 16.0 Å². The van der Waals surface area contributed by atoms with Gasteiger partial charge in [0.25, 0.3) is 10.0 Å². The molecule has 160 valence electrons. The van der Waals surface area contributed by atoms with Crippen LogP contribution in [0.2, 0.25) is 5.02 Å². The van der Waals surface area contributed by atoms with Crippen molar-refractivity contribution in [2.24, 2.45) is 4.40 Å². The van der Waals surface area contributed by atoms with E-state index in [0.29, 0.717) is 5.02 Å². The highest BCUT2D eigenvalue weighted by atomic mass is 35.5. The number of benzene rings is 2. The average molecular weight is 498 g/mol. The molecule has 1 aromatic heterocycles. The van der Waals surface area contributed by atoms with E-state index in [0.717, 1.165) is 35.2 Å². The lowest BCUT2D eigenvalue weighted by Crippen LogP contribution is -2.17. The zero-order valence-corrected chi connectivity index (χ0v) is 18.0. The zero-order chi connectivity index (χ0) is 22.3. The second-order valence-electron chi connectivity index (χ2n) is 5.89. The number of sulfonamides is 1. The molecule has 2 aromatic carbocycles. The zero-order valence-electron chi connectivity index (χ0n) is 14.8. The molecule has 0 radical (unpaired) electrons. The third kappa shape index (κ3) is 4.91. The quantitative estimate of drug-likeness (QED) is 0.551. The van der Waals surface area contributed by atoms with Gasteiger partial charge in [0.2, 0.25) is 9.81 Å². The van der Waals surface area contributed by atoms with E-state index in [9.17, 15) is 30.0 Å². The summed E-state index contributed by atoms with van der Waals surface area (Å²) in [5.41, 5.74) is 0.118. The third-order valence-electron chi connectivity index (χ3n) is 3.62. The van der Waals surface area contributed by atoms with Gasteiger partial charge in [-0.2, -0.15) is 21.6 Å². The molecular formula is C16H11ClF3N3O4S3. The highest BCUT2D eigenvalue weighted by Gasteiger charge is 2.36. The first kappa shape index (κ1) is 22.5. The van der Waals surface area contributed by atoms with Crippen LogP contribution in [0.4, 0.5) is 13.2 Å². The molecule has 0 amide bonds. The van der Waals surface area contributed by atoms with E-state index < -0.39 is 35.8 Å². The van der Waals surface area contributed by atoms with E-state index in [2.05, 4.69) is 9.50 Å². The van der Waals surface area contributed by atoms with Crippen molar-refractivity contribution < 1.29 is 30.0 Å². The molecule has 0 atom stereocenters. The molecule has 0 saturated heterocycles. The number of sulfone groups is 1. The summed E-state index contributed by atoms with van der Waals surface area (Å²) in [6.07, 6.45) is -3.86. The Hall–Kier alpha value is -2.22. The Morgan fingerprint density at radius 1 is 0.967 bits per heavy atom. The fraction of sp³-hybridized carbons (Fsp3) is 0.125. The molecule has 0 aliphatic heterocycles. The first-order chi connectivity index (χ1) is 13.8. The standard InChI is InChI=1S/C16H11ClF3N3O4S3/c1-29(24,25)12-6-8-13(9-7-12)30(26,27)22-15-23(11-4-2-10(17)3-5-11)21-14(28-15)16(18,19)20/h2-9H,1H3/b22-15+. The number of nitrogens with zero attached hydrogens (tertiary/aromatic N) is 3. The normalized spacial score (nSPS) is 13.6. The molecule has 14 heteroatoms. The van der Waals surface area contributed by atoms with Crippen LogP contribution >= 0.6 is 22.9 Å². The van der Waals surface area contributed by atoms with Gasteiger partial charge in [0.15, 0.2) is 9.84 Å². The minimum atomic E-state index is -4.81. The van der Waals surface area contributed by atoms with Crippen molar-refractivity contribution >= 4 is 42.8 Å². The lowest BCUT2D eigenvalue weighted by Gasteiger charge is -2.03. The second kappa shape index (κ2) is 7.80. The van der Waals surface area contributed by atoms with Gasteiger partial charge < -0.3 is 0 Å². The van der Waals surface area contributed by atoms with Gasteiger partial charge >= 0.3 is 6.18 Å². The molecule has 0 aliphatic rings. The maximum Gasteiger partial charge on any atom is 0.445 e. The minimum absolute atomic E-state index is 0.0466. The molecule has 0 aliphatic carbocycles. The molecule has 0 spiro atoms. The molecule has 3 rings (SSSR count). The van der Waals surface area contributed by atoms with Crippen molar-refractivity contribution in [3.05, 3.63) is 63.4 Å². The largest absolute Gasteiger partial charge is 0.445 e. The van der Waals surface area contributed by atoms with E-state index in [1.807, 2.05) is 0 Å². The van der Waals surface area contributed by atoms with E-state index in [-0.39, 0.29) is 26.8 Å². The molecule has 0 saturated carbocycles. The second-order valence-corrected chi connectivity index (χ2v) is 10.9. The molecule has 0 N–H and O–H groups in total. The lowest BCUT2D eigenvalue weighted by atomic mass is 10.3. The van der Waals surface area contributed by atoms with Crippen LogP contribution in [0.25, 0.3) is 5.69 Å². The highest BCUT2D eigenvalue weighted by Crippen LogP contribution is 2.30. The number of alkyl halides is 3. The number of hydrogen-bond donors (Lipinski definition) is 0. The predicted molar refractivity (Wildman–Crippen MR) is 104 cm³/mol. The Labute approximate surface area is 178 Å². The van der Waals surface area contributed by atoms with Crippen molar-refractivity contribution in [3.8, 4) is 5.69 Å². The number of halogens is 4. The fourth-order valence-electron chi connectivity index (χ4n) is 2.22. The van der Waals surface area contributed by atoms with Crippen molar-refractivity contribution in [3.63, 3.8) is 0 Å². The van der Waals surface area contributed by atoms with E-state index in [1.54, 1.807) is 0 Å². The SMILES string of the molecule is CS(=O)(=O)c1ccc(S(=O)(=O)/N=c2/sc(C(F)(F)F)nn2-c2ccc(Cl)cc2)cc1. The monoisotopic (exact) mass is 497 g/mol. The van der Waals surface area contributed by atoms with Gasteiger partial charge in [0, 0.05) is 11.3 Å².